The van der Waals surface area contributed by atoms with E-state index in [4.69, 9.17) is 4.74 Å². The van der Waals surface area contributed by atoms with Crippen LogP contribution in [0.1, 0.15) is 28.0 Å². The van der Waals surface area contributed by atoms with E-state index in [9.17, 15) is 14.4 Å². The van der Waals surface area contributed by atoms with Gasteiger partial charge in [0.2, 0.25) is 11.8 Å². The van der Waals surface area contributed by atoms with Crippen LogP contribution in [0.2, 0.25) is 0 Å². The van der Waals surface area contributed by atoms with Crippen LogP contribution in [-0.2, 0) is 20.9 Å². The van der Waals surface area contributed by atoms with Gasteiger partial charge in [0.1, 0.15) is 5.75 Å². The van der Waals surface area contributed by atoms with Crippen molar-refractivity contribution in [3.05, 3.63) is 75.5 Å². The van der Waals surface area contributed by atoms with E-state index in [0.29, 0.717) is 24.5 Å². The van der Waals surface area contributed by atoms with Crippen molar-refractivity contribution in [1.82, 2.24) is 5.32 Å². The van der Waals surface area contributed by atoms with Crippen molar-refractivity contribution in [2.45, 2.75) is 33.7 Å². The number of anilines is 2. The number of amides is 3. The normalized spacial score (nSPS) is 15.2. The van der Waals surface area contributed by atoms with Crippen LogP contribution in [0.25, 0.3) is 0 Å². The maximum absolute atomic E-state index is 12.5. The van der Waals surface area contributed by atoms with Gasteiger partial charge in [-0.1, -0.05) is 23.8 Å². The first-order valence-corrected chi connectivity index (χ1v) is 12.4. The van der Waals surface area contributed by atoms with Crippen molar-refractivity contribution in [2.24, 2.45) is 5.92 Å². The van der Waals surface area contributed by atoms with Gasteiger partial charge in [0.25, 0.3) is 5.91 Å². The number of ether oxygens (including phenoxy) is 1. The molecule has 1 saturated heterocycles. The first-order valence-electron chi connectivity index (χ1n) is 11.5. The van der Waals surface area contributed by atoms with Gasteiger partial charge in [0, 0.05) is 29.2 Å². The van der Waals surface area contributed by atoms with Gasteiger partial charge in [-0.25, -0.2) is 0 Å². The predicted octanol–water partition coefficient (Wildman–Crippen LogP) is 4.36. The summed E-state index contributed by atoms with van der Waals surface area (Å²) in [4.78, 5) is 40.1. The standard InChI is InChI=1S/C27H29N3O4S/c1-17-11-18(2)26(19(3)12-17)29-24(31)16-34-22-8-6-21(7-9-22)30-15-20(13-25(30)32)27(33)28-14-23-5-4-10-35-23/h4-12,20H,13-16H2,1-3H3,(H,28,33)(H,29,31)/t20-/m0/s1. The second kappa shape index (κ2) is 10.7. The number of nitrogens with zero attached hydrogens (tertiary/aromatic N) is 1. The average molecular weight is 492 g/mol. The highest BCUT2D eigenvalue weighted by Crippen LogP contribution is 2.27. The summed E-state index contributed by atoms with van der Waals surface area (Å²) in [6.07, 6.45) is 0.187. The Labute approximate surface area is 209 Å². The highest BCUT2D eigenvalue weighted by molar-refractivity contribution is 7.09. The monoisotopic (exact) mass is 491 g/mol. The van der Waals surface area contributed by atoms with Gasteiger partial charge < -0.3 is 20.3 Å². The van der Waals surface area contributed by atoms with Gasteiger partial charge in [-0.2, -0.15) is 0 Å². The number of carbonyl (C=O) groups excluding carboxylic acids is 3. The summed E-state index contributed by atoms with van der Waals surface area (Å²) in [6.45, 7) is 6.65. The fraction of sp³-hybridized carbons (Fsp3) is 0.296. The summed E-state index contributed by atoms with van der Waals surface area (Å²) in [5.74, 6) is -0.290. The van der Waals surface area contributed by atoms with Crippen LogP contribution in [0.3, 0.4) is 0 Å². The lowest BCUT2D eigenvalue weighted by Gasteiger charge is -2.17. The summed E-state index contributed by atoms with van der Waals surface area (Å²) < 4.78 is 5.64. The third-order valence-corrected chi connectivity index (χ3v) is 6.85. The lowest BCUT2D eigenvalue weighted by atomic mass is 10.1. The SMILES string of the molecule is Cc1cc(C)c(NC(=O)COc2ccc(N3C[C@@H](C(=O)NCc4cccs4)CC3=O)cc2)c(C)c1. The number of aryl methyl sites for hydroxylation is 3. The maximum atomic E-state index is 12.5. The van der Waals surface area contributed by atoms with E-state index in [1.54, 1.807) is 40.5 Å². The molecule has 0 unspecified atom stereocenters. The number of carbonyl (C=O) groups is 3. The van der Waals surface area contributed by atoms with E-state index in [1.165, 1.54) is 0 Å². The van der Waals surface area contributed by atoms with Crippen molar-refractivity contribution in [2.75, 3.05) is 23.4 Å². The molecule has 1 aliphatic heterocycles. The van der Waals surface area contributed by atoms with Crippen molar-refractivity contribution in [1.29, 1.82) is 0 Å². The molecule has 1 aromatic heterocycles. The predicted molar refractivity (Wildman–Crippen MR) is 138 cm³/mol. The van der Waals surface area contributed by atoms with Crippen molar-refractivity contribution < 1.29 is 19.1 Å². The van der Waals surface area contributed by atoms with Crippen LogP contribution in [-0.4, -0.2) is 30.9 Å². The smallest absolute Gasteiger partial charge is 0.262 e. The van der Waals surface area contributed by atoms with E-state index in [2.05, 4.69) is 10.6 Å². The van der Waals surface area contributed by atoms with E-state index >= 15 is 0 Å². The maximum Gasteiger partial charge on any atom is 0.262 e. The fourth-order valence-electron chi connectivity index (χ4n) is 4.29. The third-order valence-electron chi connectivity index (χ3n) is 5.97. The molecule has 7 nitrogen and oxygen atoms in total. The Bertz CT molecular complexity index is 1200. The van der Waals surface area contributed by atoms with E-state index in [0.717, 1.165) is 27.3 Å². The number of nitrogens with one attached hydrogen (secondary N) is 2. The topological polar surface area (TPSA) is 87.7 Å². The number of hydrogen-bond donors (Lipinski definition) is 2. The molecule has 2 aromatic carbocycles. The molecule has 0 bridgehead atoms. The highest BCUT2D eigenvalue weighted by atomic mass is 32.1. The number of benzene rings is 2. The van der Waals surface area contributed by atoms with Gasteiger partial charge in [-0.05, 0) is 67.6 Å². The molecule has 1 fully saturated rings. The molecular formula is C27H29N3O4S. The molecule has 0 spiro atoms. The molecule has 2 N–H and O–H groups in total. The van der Waals surface area contributed by atoms with Gasteiger partial charge in [0.05, 0.1) is 12.5 Å². The Morgan fingerprint density at radius 3 is 2.46 bits per heavy atom. The number of rotatable bonds is 8. The zero-order chi connectivity index (χ0) is 24.9. The molecule has 1 atom stereocenters. The van der Waals surface area contributed by atoms with E-state index < -0.39 is 0 Å². The molecule has 1 aliphatic rings. The summed E-state index contributed by atoms with van der Waals surface area (Å²) in [7, 11) is 0. The summed E-state index contributed by atoms with van der Waals surface area (Å²) in [5, 5.41) is 7.80. The Hall–Kier alpha value is -3.65. The minimum absolute atomic E-state index is 0.0850. The van der Waals surface area contributed by atoms with Crippen LogP contribution >= 0.6 is 11.3 Å². The van der Waals surface area contributed by atoms with Gasteiger partial charge in [0.15, 0.2) is 6.61 Å². The zero-order valence-electron chi connectivity index (χ0n) is 20.1. The van der Waals surface area contributed by atoms with Gasteiger partial charge >= 0.3 is 0 Å². The lowest BCUT2D eigenvalue weighted by molar-refractivity contribution is -0.126. The van der Waals surface area contributed by atoms with Crippen LogP contribution in [0.5, 0.6) is 5.75 Å². The largest absolute Gasteiger partial charge is 0.484 e. The van der Waals surface area contributed by atoms with E-state index in [-0.39, 0.29) is 36.7 Å². The molecule has 3 aromatic rings. The Balaban J connectivity index is 1.29. The molecule has 182 valence electrons. The first kappa shape index (κ1) is 24.5. The van der Waals surface area contributed by atoms with Crippen LogP contribution in [0, 0.1) is 26.7 Å². The summed E-state index contributed by atoms with van der Waals surface area (Å²) in [5.41, 5.74) is 4.67. The Morgan fingerprint density at radius 2 is 1.80 bits per heavy atom. The summed E-state index contributed by atoms with van der Waals surface area (Å²) >= 11 is 1.59. The molecule has 2 heterocycles. The van der Waals surface area contributed by atoms with Crippen LogP contribution < -0.4 is 20.3 Å². The third kappa shape index (κ3) is 6.08. The van der Waals surface area contributed by atoms with Crippen LogP contribution in [0.15, 0.2) is 53.9 Å². The Kier molecular flexibility index (Phi) is 7.51. The van der Waals surface area contributed by atoms with Gasteiger partial charge in [-0.15, -0.1) is 11.3 Å². The first-order chi connectivity index (χ1) is 16.8. The minimum atomic E-state index is -0.379. The molecule has 35 heavy (non-hydrogen) atoms. The molecule has 3 amide bonds. The molecule has 8 heteroatoms. The molecule has 4 rings (SSSR count). The van der Waals surface area contributed by atoms with Crippen LogP contribution in [0.4, 0.5) is 11.4 Å². The minimum Gasteiger partial charge on any atom is -0.484 e. The zero-order valence-corrected chi connectivity index (χ0v) is 20.9. The van der Waals surface area contributed by atoms with Crippen molar-refractivity contribution in [3.63, 3.8) is 0 Å². The molecule has 0 aliphatic carbocycles. The van der Waals surface area contributed by atoms with E-state index in [1.807, 2.05) is 50.4 Å². The fourth-order valence-corrected chi connectivity index (χ4v) is 4.93. The number of thiophene rings is 1. The second-order valence-electron chi connectivity index (χ2n) is 8.81. The summed E-state index contributed by atoms with van der Waals surface area (Å²) in [6, 6.07) is 15.0. The van der Waals surface area contributed by atoms with Crippen molar-refractivity contribution >= 4 is 40.4 Å². The highest BCUT2D eigenvalue weighted by Gasteiger charge is 2.35. The second-order valence-corrected chi connectivity index (χ2v) is 9.84. The lowest BCUT2D eigenvalue weighted by Crippen LogP contribution is -2.32. The van der Waals surface area contributed by atoms with Crippen molar-refractivity contribution in [3.8, 4) is 5.75 Å². The number of hydrogen-bond acceptors (Lipinski definition) is 5. The van der Waals surface area contributed by atoms with Gasteiger partial charge in [-0.3, -0.25) is 14.4 Å². The molecule has 0 saturated carbocycles. The quantitative estimate of drug-likeness (QED) is 0.490. The molecular weight excluding hydrogens is 462 g/mol. The average Bonchev–Trinajstić information content (AvgIpc) is 3.48. The molecule has 0 radical (unpaired) electrons. The Morgan fingerprint density at radius 1 is 1.09 bits per heavy atom.